The minimum atomic E-state index is 0.157. The summed E-state index contributed by atoms with van der Waals surface area (Å²) in [6, 6.07) is 9.08. The van der Waals surface area contributed by atoms with E-state index in [0.717, 1.165) is 20.4 Å². The molecule has 0 bridgehead atoms. The molecule has 3 nitrogen and oxygen atoms in total. The number of halogens is 3. The van der Waals surface area contributed by atoms with E-state index in [1.54, 1.807) is 25.5 Å². The van der Waals surface area contributed by atoms with Crippen molar-refractivity contribution in [3.8, 4) is 11.5 Å². The van der Waals surface area contributed by atoms with E-state index < -0.39 is 0 Å². The van der Waals surface area contributed by atoms with E-state index in [2.05, 4.69) is 52.8 Å². The third-order valence-electron chi connectivity index (χ3n) is 2.55. The molecule has 0 spiro atoms. The van der Waals surface area contributed by atoms with E-state index in [9.17, 15) is 5.11 Å². The molecule has 104 valence electrons. The third kappa shape index (κ3) is 3.62. The van der Waals surface area contributed by atoms with Gasteiger partial charge in [-0.2, -0.15) is 0 Å². The maximum absolute atomic E-state index is 9.95. The number of nitrogens with zero attached hydrogens (tertiary/aromatic N) is 1. The number of rotatable bonds is 3. The van der Waals surface area contributed by atoms with Crippen LogP contribution < -0.4 is 4.74 Å². The van der Waals surface area contributed by atoms with Crippen LogP contribution in [-0.4, -0.2) is 18.4 Å². The molecule has 0 amide bonds. The van der Waals surface area contributed by atoms with Gasteiger partial charge in [-0.05, 0) is 62.2 Å². The Bertz CT molecular complexity index is 672. The number of methoxy groups -OCH3 is 1. The first kappa shape index (κ1) is 15.5. The van der Waals surface area contributed by atoms with Crippen LogP contribution in [0.3, 0.4) is 0 Å². The molecule has 1 N–H and O–H groups in total. The lowest BCUT2D eigenvalue weighted by Gasteiger charge is -2.04. The number of hydrogen-bond acceptors (Lipinski definition) is 3. The molecule has 0 saturated heterocycles. The molecule has 0 aliphatic heterocycles. The molecule has 2 rings (SSSR count). The van der Waals surface area contributed by atoms with Crippen LogP contribution in [0.4, 0.5) is 5.69 Å². The summed E-state index contributed by atoms with van der Waals surface area (Å²) in [6.45, 7) is 0. The average Bonchev–Trinajstić information content (AvgIpc) is 2.41. The number of aliphatic imine (C=N–C) groups is 1. The summed E-state index contributed by atoms with van der Waals surface area (Å²) >= 11 is 10.1. The van der Waals surface area contributed by atoms with Gasteiger partial charge >= 0.3 is 0 Å². The molecule has 2 aromatic carbocycles. The van der Waals surface area contributed by atoms with Crippen LogP contribution in [0.2, 0.25) is 0 Å². The summed E-state index contributed by atoms with van der Waals surface area (Å²) in [5.74, 6) is 0.904. The van der Waals surface area contributed by atoms with Gasteiger partial charge in [0.15, 0.2) is 0 Å². The predicted octanol–water partition coefficient (Wildman–Crippen LogP) is 5.44. The largest absolute Gasteiger partial charge is 0.506 e. The van der Waals surface area contributed by atoms with Crippen LogP contribution in [0, 0.1) is 0 Å². The SMILES string of the molecule is COc1ccc(N=Cc2cc(Br)cc(Br)c2O)cc1Br. The molecule has 0 radical (unpaired) electrons. The van der Waals surface area contributed by atoms with E-state index in [0.29, 0.717) is 10.0 Å². The van der Waals surface area contributed by atoms with Crippen molar-refractivity contribution in [1.82, 2.24) is 0 Å². The molecular weight excluding hydrogens is 454 g/mol. The Labute approximate surface area is 142 Å². The molecular formula is C14H10Br3NO2. The van der Waals surface area contributed by atoms with E-state index in [-0.39, 0.29) is 5.75 Å². The van der Waals surface area contributed by atoms with Crippen molar-refractivity contribution >= 4 is 59.7 Å². The average molecular weight is 464 g/mol. The quantitative estimate of drug-likeness (QED) is 0.616. The fourth-order valence-electron chi connectivity index (χ4n) is 1.56. The van der Waals surface area contributed by atoms with Crippen molar-refractivity contribution in [2.24, 2.45) is 4.99 Å². The van der Waals surface area contributed by atoms with Crippen LogP contribution in [0.5, 0.6) is 11.5 Å². The topological polar surface area (TPSA) is 41.8 Å². The molecule has 0 saturated carbocycles. The van der Waals surface area contributed by atoms with Crippen molar-refractivity contribution in [2.45, 2.75) is 0 Å². The van der Waals surface area contributed by atoms with Crippen molar-refractivity contribution in [2.75, 3.05) is 7.11 Å². The number of aromatic hydroxyl groups is 1. The molecule has 0 unspecified atom stereocenters. The maximum Gasteiger partial charge on any atom is 0.138 e. The Morgan fingerprint density at radius 3 is 2.50 bits per heavy atom. The molecule has 0 aromatic heterocycles. The van der Waals surface area contributed by atoms with Crippen molar-refractivity contribution in [3.05, 3.63) is 49.3 Å². The van der Waals surface area contributed by atoms with Gasteiger partial charge < -0.3 is 9.84 Å². The lowest BCUT2D eigenvalue weighted by Crippen LogP contribution is -1.85. The number of phenols is 1. The number of hydrogen-bond donors (Lipinski definition) is 1. The Hall–Kier alpha value is -0.850. The molecule has 0 heterocycles. The highest BCUT2D eigenvalue weighted by Crippen LogP contribution is 2.32. The monoisotopic (exact) mass is 461 g/mol. The minimum absolute atomic E-state index is 0.157. The Morgan fingerprint density at radius 1 is 1.10 bits per heavy atom. The van der Waals surface area contributed by atoms with Gasteiger partial charge in [-0.25, -0.2) is 0 Å². The number of phenolic OH excluding ortho intramolecular Hbond substituents is 1. The molecule has 0 aliphatic carbocycles. The summed E-state index contributed by atoms with van der Waals surface area (Å²) in [4.78, 5) is 4.34. The van der Waals surface area contributed by atoms with Crippen LogP contribution >= 0.6 is 47.8 Å². The summed E-state index contributed by atoms with van der Waals surface area (Å²) in [5, 5.41) is 9.95. The highest BCUT2D eigenvalue weighted by atomic mass is 79.9. The van der Waals surface area contributed by atoms with Gasteiger partial charge in [0.05, 0.1) is 21.7 Å². The fourth-order valence-corrected chi connectivity index (χ4v) is 3.35. The predicted molar refractivity (Wildman–Crippen MR) is 91.5 cm³/mol. The molecule has 0 atom stereocenters. The Morgan fingerprint density at radius 2 is 1.85 bits per heavy atom. The zero-order chi connectivity index (χ0) is 14.7. The van der Waals surface area contributed by atoms with Gasteiger partial charge in [0, 0.05) is 16.3 Å². The maximum atomic E-state index is 9.95. The highest BCUT2D eigenvalue weighted by Gasteiger charge is 2.05. The smallest absolute Gasteiger partial charge is 0.138 e. The van der Waals surface area contributed by atoms with Gasteiger partial charge in [-0.15, -0.1) is 0 Å². The zero-order valence-electron chi connectivity index (χ0n) is 10.4. The van der Waals surface area contributed by atoms with Crippen molar-refractivity contribution in [1.29, 1.82) is 0 Å². The number of ether oxygens (including phenoxy) is 1. The Kier molecular flexibility index (Phi) is 5.23. The Balaban J connectivity index is 2.32. The molecule has 0 fully saturated rings. The molecule has 0 aliphatic rings. The van der Waals surface area contributed by atoms with Crippen LogP contribution in [-0.2, 0) is 0 Å². The van der Waals surface area contributed by atoms with Gasteiger partial charge in [0.25, 0.3) is 0 Å². The third-order valence-corrected chi connectivity index (χ3v) is 4.23. The molecule has 20 heavy (non-hydrogen) atoms. The van der Waals surface area contributed by atoms with Gasteiger partial charge in [0.1, 0.15) is 11.5 Å². The lowest BCUT2D eigenvalue weighted by atomic mass is 10.2. The second kappa shape index (κ2) is 6.74. The van der Waals surface area contributed by atoms with Gasteiger partial charge in [0.2, 0.25) is 0 Å². The van der Waals surface area contributed by atoms with E-state index in [4.69, 9.17) is 4.74 Å². The highest BCUT2D eigenvalue weighted by molar-refractivity contribution is 9.11. The van der Waals surface area contributed by atoms with Crippen LogP contribution in [0.15, 0.2) is 48.7 Å². The van der Waals surface area contributed by atoms with Crippen LogP contribution in [0.1, 0.15) is 5.56 Å². The standard InChI is InChI=1S/C14H10Br3NO2/c1-20-13-3-2-10(6-11(13)16)18-7-8-4-9(15)5-12(17)14(8)19/h2-7,19H,1H3. The molecule has 2 aromatic rings. The van der Waals surface area contributed by atoms with E-state index in [1.165, 1.54) is 0 Å². The minimum Gasteiger partial charge on any atom is -0.506 e. The summed E-state index contributed by atoms with van der Waals surface area (Å²) in [7, 11) is 1.61. The normalized spacial score (nSPS) is 11.0. The first-order valence-corrected chi connectivity index (χ1v) is 7.95. The van der Waals surface area contributed by atoms with Crippen molar-refractivity contribution in [3.63, 3.8) is 0 Å². The fraction of sp³-hybridized carbons (Fsp3) is 0.0714. The van der Waals surface area contributed by atoms with Crippen molar-refractivity contribution < 1.29 is 9.84 Å². The van der Waals surface area contributed by atoms with Gasteiger partial charge in [-0.1, -0.05) is 15.9 Å². The number of benzene rings is 2. The zero-order valence-corrected chi connectivity index (χ0v) is 15.2. The lowest BCUT2D eigenvalue weighted by molar-refractivity contribution is 0.412. The molecule has 6 heteroatoms. The summed E-state index contributed by atoms with van der Waals surface area (Å²) in [6.07, 6.45) is 1.61. The second-order valence-electron chi connectivity index (χ2n) is 3.90. The first-order valence-electron chi connectivity index (χ1n) is 5.57. The second-order valence-corrected chi connectivity index (χ2v) is 6.53. The summed E-state index contributed by atoms with van der Waals surface area (Å²) < 4.78 is 7.47. The van der Waals surface area contributed by atoms with Crippen LogP contribution in [0.25, 0.3) is 0 Å². The first-order chi connectivity index (χ1) is 9.51. The van der Waals surface area contributed by atoms with E-state index >= 15 is 0 Å². The van der Waals surface area contributed by atoms with Gasteiger partial charge in [-0.3, -0.25) is 4.99 Å². The summed E-state index contributed by atoms with van der Waals surface area (Å²) in [5.41, 5.74) is 1.38. The van der Waals surface area contributed by atoms with E-state index in [1.807, 2.05) is 18.2 Å².